The van der Waals surface area contributed by atoms with Crippen molar-refractivity contribution in [2.45, 2.75) is 84.2 Å². The number of hydrogen-bond acceptors (Lipinski definition) is 5. The molecule has 1 aromatic rings. The van der Waals surface area contributed by atoms with E-state index in [1.165, 1.54) is 0 Å². The molecule has 0 saturated carbocycles. The maximum atomic E-state index is 12.5. The van der Waals surface area contributed by atoms with Crippen LogP contribution in [0, 0.1) is 0 Å². The van der Waals surface area contributed by atoms with Crippen LogP contribution in [-0.2, 0) is 14.0 Å². The zero-order valence-electron chi connectivity index (χ0n) is 16.9. The van der Waals surface area contributed by atoms with Crippen LogP contribution >= 0.6 is 11.3 Å². The van der Waals surface area contributed by atoms with Gasteiger partial charge in [-0.3, -0.25) is 0 Å². The van der Waals surface area contributed by atoms with Gasteiger partial charge in [-0.15, -0.1) is 11.3 Å². The maximum Gasteiger partial charge on any atom is 0.505 e. The molecule has 0 N–H and O–H groups in total. The van der Waals surface area contributed by atoms with Crippen molar-refractivity contribution in [2.24, 2.45) is 0 Å². The lowest BCUT2D eigenvalue weighted by molar-refractivity contribution is 0.00578. The van der Waals surface area contributed by atoms with Crippen molar-refractivity contribution in [3.8, 4) is 0 Å². The van der Waals surface area contributed by atoms with Gasteiger partial charge in [0, 0.05) is 16.2 Å². The van der Waals surface area contributed by atoms with E-state index in [1.54, 1.807) is 11.3 Å². The van der Waals surface area contributed by atoms with Gasteiger partial charge < -0.3 is 18.9 Å². The topological polar surface area (TPSA) is 48.0 Å². The van der Waals surface area contributed by atoms with E-state index in [-0.39, 0.29) is 30.5 Å². The molecule has 26 heavy (non-hydrogen) atoms. The van der Waals surface area contributed by atoms with Crippen LogP contribution in [-0.4, -0.2) is 41.5 Å². The van der Waals surface area contributed by atoms with E-state index in [0.717, 1.165) is 29.0 Å². The summed E-state index contributed by atoms with van der Waals surface area (Å²) in [5.41, 5.74) is -1.18. The third-order valence-corrected chi connectivity index (χ3v) is 6.55. The highest BCUT2D eigenvalue weighted by Crippen LogP contribution is 2.39. The van der Waals surface area contributed by atoms with Gasteiger partial charge in [0.25, 0.3) is 0 Å². The molecule has 0 radical (unpaired) electrons. The standard InChI is InChI=1S/C19H30BNO4S/c1-17(2,3)23-16(22)21-12-8-9-13(21)14-10-11-15(26-14)20-24-18(4,5)19(6,7)25-20/h10-11,13H,8-9,12H2,1-7H3. The van der Waals surface area contributed by atoms with Crippen LogP contribution in [0.1, 0.15) is 72.2 Å². The van der Waals surface area contributed by atoms with E-state index in [4.69, 9.17) is 14.0 Å². The van der Waals surface area contributed by atoms with Gasteiger partial charge in [0.2, 0.25) is 0 Å². The number of ether oxygens (including phenoxy) is 1. The lowest BCUT2D eigenvalue weighted by Crippen LogP contribution is -2.41. The number of carbonyl (C=O) groups excluding carboxylic acids is 1. The van der Waals surface area contributed by atoms with Gasteiger partial charge in [-0.05, 0) is 67.4 Å². The Morgan fingerprint density at radius 3 is 2.42 bits per heavy atom. The van der Waals surface area contributed by atoms with E-state index in [2.05, 4.69) is 39.8 Å². The minimum atomic E-state index is -0.479. The predicted molar refractivity (Wildman–Crippen MR) is 105 cm³/mol. The molecule has 0 spiro atoms. The van der Waals surface area contributed by atoms with Crippen LogP contribution in [0.3, 0.4) is 0 Å². The third kappa shape index (κ3) is 3.80. The number of carbonyl (C=O) groups is 1. The van der Waals surface area contributed by atoms with E-state index in [9.17, 15) is 4.79 Å². The molecule has 1 aromatic heterocycles. The minimum absolute atomic E-state index is 0.0750. The monoisotopic (exact) mass is 379 g/mol. The number of amides is 1. The van der Waals surface area contributed by atoms with Crippen LogP contribution in [0.5, 0.6) is 0 Å². The summed E-state index contributed by atoms with van der Waals surface area (Å²) in [6.07, 6.45) is 1.72. The molecule has 3 heterocycles. The first-order chi connectivity index (χ1) is 11.9. The second kappa shape index (κ2) is 6.53. The molecular weight excluding hydrogens is 349 g/mol. The summed E-state index contributed by atoms with van der Waals surface area (Å²) in [6, 6.07) is 4.23. The molecule has 0 bridgehead atoms. The van der Waals surface area contributed by atoms with Gasteiger partial charge in [0.1, 0.15) is 5.60 Å². The summed E-state index contributed by atoms with van der Waals surface area (Å²) < 4.78 is 18.9. The minimum Gasteiger partial charge on any atom is -0.444 e. The smallest absolute Gasteiger partial charge is 0.444 e. The van der Waals surface area contributed by atoms with E-state index >= 15 is 0 Å². The first-order valence-electron chi connectivity index (χ1n) is 9.34. The Morgan fingerprint density at radius 2 is 1.85 bits per heavy atom. The Hall–Kier alpha value is -1.05. The second-order valence-electron chi connectivity index (χ2n) is 9.16. The third-order valence-electron chi connectivity index (χ3n) is 5.34. The van der Waals surface area contributed by atoms with Crippen molar-refractivity contribution in [1.29, 1.82) is 0 Å². The summed E-state index contributed by atoms with van der Waals surface area (Å²) in [4.78, 5) is 15.6. The molecule has 5 nitrogen and oxygen atoms in total. The predicted octanol–water partition coefficient (Wildman–Crippen LogP) is 4.12. The number of thiophene rings is 1. The Kier molecular flexibility index (Phi) is 4.95. The van der Waals surface area contributed by atoms with Crippen LogP contribution in [0.4, 0.5) is 4.79 Å². The quantitative estimate of drug-likeness (QED) is 0.726. The Bertz CT molecular complexity index is 663. The highest BCUT2D eigenvalue weighted by Gasteiger charge is 2.52. The zero-order valence-corrected chi connectivity index (χ0v) is 17.7. The van der Waals surface area contributed by atoms with Crippen molar-refractivity contribution >= 4 is 29.3 Å². The fraction of sp³-hybridized carbons (Fsp3) is 0.737. The molecule has 0 aromatic carbocycles. The number of rotatable bonds is 2. The van der Waals surface area contributed by atoms with Crippen molar-refractivity contribution in [1.82, 2.24) is 4.90 Å². The van der Waals surface area contributed by atoms with Gasteiger partial charge in [-0.2, -0.15) is 0 Å². The van der Waals surface area contributed by atoms with Crippen LogP contribution in [0.2, 0.25) is 0 Å². The van der Waals surface area contributed by atoms with Crippen LogP contribution in [0.15, 0.2) is 12.1 Å². The van der Waals surface area contributed by atoms with Gasteiger partial charge in [-0.25, -0.2) is 4.79 Å². The molecule has 144 valence electrons. The first kappa shape index (κ1) is 19.7. The Morgan fingerprint density at radius 1 is 1.23 bits per heavy atom. The van der Waals surface area contributed by atoms with Gasteiger partial charge in [-0.1, -0.05) is 6.07 Å². The molecule has 1 unspecified atom stereocenters. The van der Waals surface area contributed by atoms with Gasteiger partial charge >= 0.3 is 13.2 Å². The molecule has 7 heteroatoms. The number of nitrogens with zero attached hydrogens (tertiary/aromatic N) is 1. The molecule has 2 fully saturated rings. The fourth-order valence-electron chi connectivity index (χ4n) is 3.23. The largest absolute Gasteiger partial charge is 0.505 e. The SMILES string of the molecule is CC(C)(C)OC(=O)N1CCCC1c1ccc(B2OC(C)(C)C(C)(C)O2)s1. The average Bonchev–Trinajstić information content (AvgIpc) is 3.16. The average molecular weight is 379 g/mol. The Labute approximate surface area is 161 Å². The molecule has 1 amide bonds. The van der Waals surface area contributed by atoms with E-state index in [0.29, 0.717) is 0 Å². The maximum absolute atomic E-state index is 12.5. The van der Waals surface area contributed by atoms with Crippen molar-refractivity contribution in [2.75, 3.05) is 6.54 Å². The highest BCUT2D eigenvalue weighted by atomic mass is 32.1. The molecular formula is C19H30BNO4S. The van der Waals surface area contributed by atoms with E-state index < -0.39 is 5.60 Å². The molecule has 1 atom stereocenters. The zero-order chi connectivity index (χ0) is 19.3. The lowest BCUT2D eigenvalue weighted by Gasteiger charge is -2.32. The summed E-state index contributed by atoms with van der Waals surface area (Å²) in [5, 5.41) is 0. The normalized spacial score (nSPS) is 25.0. The van der Waals surface area contributed by atoms with Crippen molar-refractivity contribution in [3.05, 3.63) is 17.0 Å². The van der Waals surface area contributed by atoms with Crippen LogP contribution in [0.25, 0.3) is 0 Å². The van der Waals surface area contributed by atoms with Crippen LogP contribution < -0.4 is 4.78 Å². The molecule has 3 rings (SSSR count). The van der Waals surface area contributed by atoms with E-state index in [1.807, 2.05) is 25.7 Å². The molecule has 0 aliphatic carbocycles. The summed E-state index contributed by atoms with van der Waals surface area (Å²) in [5.74, 6) is 0. The van der Waals surface area contributed by atoms with Crippen molar-refractivity contribution in [3.63, 3.8) is 0 Å². The highest BCUT2D eigenvalue weighted by molar-refractivity contribution is 7.22. The second-order valence-corrected chi connectivity index (χ2v) is 10.3. The van der Waals surface area contributed by atoms with Crippen molar-refractivity contribution < 1.29 is 18.8 Å². The lowest BCUT2D eigenvalue weighted by atomic mass is 9.88. The van der Waals surface area contributed by atoms with Gasteiger partial charge in [0.05, 0.1) is 17.2 Å². The Balaban J connectivity index is 1.74. The summed E-state index contributed by atoms with van der Waals surface area (Å²) >= 11 is 1.67. The fourth-order valence-corrected chi connectivity index (χ4v) is 4.35. The molecule has 2 aliphatic heterocycles. The summed E-state index contributed by atoms with van der Waals surface area (Å²) in [6.45, 7) is 14.7. The number of hydrogen-bond donors (Lipinski definition) is 0. The number of likely N-dealkylation sites (tertiary alicyclic amines) is 1. The molecule has 2 aliphatic rings. The van der Waals surface area contributed by atoms with Gasteiger partial charge in [0.15, 0.2) is 0 Å². The molecule has 2 saturated heterocycles. The summed E-state index contributed by atoms with van der Waals surface area (Å²) in [7, 11) is -0.352. The first-order valence-corrected chi connectivity index (χ1v) is 10.2.